The third-order valence-corrected chi connectivity index (χ3v) is 4.50. The zero-order chi connectivity index (χ0) is 17.2. The van der Waals surface area contributed by atoms with E-state index >= 15 is 0 Å². The van der Waals surface area contributed by atoms with Crippen molar-refractivity contribution < 1.29 is 14.4 Å². The average Bonchev–Trinajstić information content (AvgIpc) is 2.59. The molecular formula is C17H23BrN3O2S+. The Morgan fingerprint density at radius 2 is 2.00 bits per heavy atom. The average molecular weight is 413 g/mol. The highest BCUT2D eigenvalue weighted by Crippen LogP contribution is 2.11. The number of amides is 1. The first-order valence-corrected chi connectivity index (χ1v) is 9.27. The number of hydrogen-bond donors (Lipinski definition) is 3. The van der Waals surface area contributed by atoms with E-state index in [0.717, 1.165) is 55.8 Å². The van der Waals surface area contributed by atoms with Crippen LogP contribution in [0.1, 0.15) is 12.0 Å². The van der Waals surface area contributed by atoms with Crippen LogP contribution in [0.2, 0.25) is 0 Å². The summed E-state index contributed by atoms with van der Waals surface area (Å²) in [5.74, 6) is -0.228. The van der Waals surface area contributed by atoms with Gasteiger partial charge in [-0.2, -0.15) is 0 Å². The Hall–Kier alpha value is -1.28. The number of thiocarbonyl (C=S) groups is 1. The molecule has 1 aliphatic heterocycles. The lowest BCUT2D eigenvalue weighted by atomic mass is 10.2. The number of ether oxygens (including phenoxy) is 1. The minimum atomic E-state index is -0.228. The highest BCUT2D eigenvalue weighted by atomic mass is 79.9. The van der Waals surface area contributed by atoms with Crippen LogP contribution >= 0.6 is 28.1 Å². The fraction of sp³-hybridized carbons (Fsp3) is 0.412. The van der Waals surface area contributed by atoms with Gasteiger partial charge >= 0.3 is 0 Å². The van der Waals surface area contributed by atoms with Crippen molar-refractivity contribution in [2.24, 2.45) is 0 Å². The van der Waals surface area contributed by atoms with Crippen molar-refractivity contribution in [3.8, 4) is 0 Å². The van der Waals surface area contributed by atoms with Gasteiger partial charge in [0, 0.05) is 23.5 Å². The van der Waals surface area contributed by atoms with Gasteiger partial charge in [0.05, 0.1) is 19.8 Å². The van der Waals surface area contributed by atoms with Crippen molar-refractivity contribution in [2.45, 2.75) is 6.42 Å². The summed E-state index contributed by atoms with van der Waals surface area (Å²) in [6, 6.07) is 7.72. The predicted molar refractivity (Wildman–Crippen MR) is 103 cm³/mol. The quantitative estimate of drug-likeness (QED) is 0.366. The highest BCUT2D eigenvalue weighted by molar-refractivity contribution is 9.10. The van der Waals surface area contributed by atoms with E-state index in [1.807, 2.05) is 24.3 Å². The van der Waals surface area contributed by atoms with Gasteiger partial charge in [-0.3, -0.25) is 10.1 Å². The van der Waals surface area contributed by atoms with Gasteiger partial charge in [0.2, 0.25) is 5.91 Å². The molecule has 2 rings (SSSR count). The van der Waals surface area contributed by atoms with Gasteiger partial charge in [0.1, 0.15) is 13.1 Å². The van der Waals surface area contributed by atoms with Crippen molar-refractivity contribution in [1.29, 1.82) is 0 Å². The molecule has 0 bridgehead atoms. The molecule has 1 aromatic carbocycles. The third kappa shape index (κ3) is 7.53. The molecule has 130 valence electrons. The molecule has 3 N–H and O–H groups in total. The van der Waals surface area contributed by atoms with Gasteiger partial charge in [0.15, 0.2) is 5.11 Å². The Balaban J connectivity index is 1.60. The van der Waals surface area contributed by atoms with Crippen LogP contribution in [-0.2, 0) is 9.53 Å². The van der Waals surface area contributed by atoms with Crippen LogP contribution in [0, 0.1) is 0 Å². The molecule has 5 nitrogen and oxygen atoms in total. The maximum atomic E-state index is 11.8. The molecule has 24 heavy (non-hydrogen) atoms. The van der Waals surface area contributed by atoms with Crippen molar-refractivity contribution in [2.75, 3.05) is 39.4 Å². The van der Waals surface area contributed by atoms with Gasteiger partial charge in [-0.05, 0) is 36.0 Å². The molecule has 0 saturated carbocycles. The number of nitrogens with one attached hydrogen (secondary N) is 3. The van der Waals surface area contributed by atoms with Gasteiger partial charge in [-0.25, -0.2) is 0 Å². The standard InChI is InChI=1S/C17H22BrN3O2S/c18-15-5-2-14(3-6-15)4-7-16(22)20-17(24)19-8-1-9-21-10-12-23-13-11-21/h2-7H,1,8-13H2,(H2,19,20,22,24)/p+1/b7-4+. The first-order valence-electron chi connectivity index (χ1n) is 8.07. The molecule has 0 aromatic heterocycles. The smallest absolute Gasteiger partial charge is 0.250 e. The summed E-state index contributed by atoms with van der Waals surface area (Å²) in [6.07, 6.45) is 4.25. The van der Waals surface area contributed by atoms with E-state index in [-0.39, 0.29) is 5.91 Å². The van der Waals surface area contributed by atoms with E-state index in [1.165, 1.54) is 6.08 Å². The topological polar surface area (TPSA) is 54.8 Å². The van der Waals surface area contributed by atoms with Crippen LogP contribution in [0.4, 0.5) is 0 Å². The molecule has 0 atom stereocenters. The van der Waals surface area contributed by atoms with Gasteiger partial charge in [-0.1, -0.05) is 28.1 Å². The fourth-order valence-electron chi connectivity index (χ4n) is 2.39. The largest absolute Gasteiger partial charge is 0.370 e. The molecule has 1 fully saturated rings. The minimum absolute atomic E-state index is 0.228. The lowest BCUT2D eigenvalue weighted by Gasteiger charge is -2.23. The molecule has 1 heterocycles. The van der Waals surface area contributed by atoms with Gasteiger partial charge < -0.3 is 15.0 Å². The normalized spacial score (nSPS) is 15.4. The molecule has 0 aliphatic carbocycles. The fourth-order valence-corrected chi connectivity index (χ4v) is 2.86. The summed E-state index contributed by atoms with van der Waals surface area (Å²) in [7, 11) is 0. The summed E-state index contributed by atoms with van der Waals surface area (Å²) in [4.78, 5) is 13.4. The molecule has 7 heteroatoms. The summed E-state index contributed by atoms with van der Waals surface area (Å²) in [5, 5.41) is 6.10. The second kappa shape index (κ2) is 10.6. The van der Waals surface area contributed by atoms with E-state index in [0.29, 0.717) is 5.11 Å². The molecule has 1 aliphatic rings. The molecular weight excluding hydrogens is 390 g/mol. The van der Waals surface area contributed by atoms with Crippen LogP contribution < -0.4 is 15.5 Å². The van der Waals surface area contributed by atoms with E-state index in [2.05, 4.69) is 26.6 Å². The van der Waals surface area contributed by atoms with Crippen LogP contribution in [0.3, 0.4) is 0 Å². The van der Waals surface area contributed by atoms with Crippen LogP contribution in [-0.4, -0.2) is 50.4 Å². The Morgan fingerprint density at radius 3 is 2.71 bits per heavy atom. The SMILES string of the molecule is O=C(/C=C/c1ccc(Br)cc1)NC(=S)NCCC[NH+]1CCOCC1. The van der Waals surface area contributed by atoms with Crippen molar-refractivity contribution in [3.05, 3.63) is 40.4 Å². The zero-order valence-electron chi connectivity index (χ0n) is 13.5. The summed E-state index contributed by atoms with van der Waals surface area (Å²) >= 11 is 8.52. The van der Waals surface area contributed by atoms with Gasteiger partial charge in [0.25, 0.3) is 0 Å². The lowest BCUT2D eigenvalue weighted by Crippen LogP contribution is -3.14. The molecule has 0 spiro atoms. The number of carbonyl (C=O) groups is 1. The Bertz CT molecular complexity index is 572. The number of hydrogen-bond acceptors (Lipinski definition) is 3. The maximum absolute atomic E-state index is 11.8. The number of halogens is 1. The molecule has 1 saturated heterocycles. The lowest BCUT2D eigenvalue weighted by molar-refractivity contribution is -0.908. The van der Waals surface area contributed by atoms with Crippen LogP contribution in [0.5, 0.6) is 0 Å². The summed E-state index contributed by atoms with van der Waals surface area (Å²) in [5.41, 5.74) is 0.959. The summed E-state index contributed by atoms with van der Waals surface area (Å²) in [6.45, 7) is 5.70. The second-order valence-electron chi connectivity index (χ2n) is 5.60. The number of rotatable bonds is 6. The number of carbonyl (C=O) groups excluding carboxylic acids is 1. The Morgan fingerprint density at radius 1 is 1.29 bits per heavy atom. The van der Waals surface area contributed by atoms with Crippen molar-refractivity contribution >= 4 is 45.2 Å². The van der Waals surface area contributed by atoms with Crippen molar-refractivity contribution in [3.63, 3.8) is 0 Å². The number of quaternary nitrogens is 1. The molecule has 1 aromatic rings. The highest BCUT2D eigenvalue weighted by Gasteiger charge is 2.12. The van der Waals surface area contributed by atoms with E-state index in [1.54, 1.807) is 11.0 Å². The monoisotopic (exact) mass is 412 g/mol. The van der Waals surface area contributed by atoms with Gasteiger partial charge in [-0.15, -0.1) is 0 Å². The van der Waals surface area contributed by atoms with E-state index < -0.39 is 0 Å². The minimum Gasteiger partial charge on any atom is -0.370 e. The number of benzene rings is 1. The first kappa shape index (κ1) is 19.1. The Labute approximate surface area is 156 Å². The second-order valence-corrected chi connectivity index (χ2v) is 6.92. The predicted octanol–water partition coefficient (Wildman–Crippen LogP) is 0.758. The summed E-state index contributed by atoms with van der Waals surface area (Å²) < 4.78 is 6.34. The number of morpholine rings is 1. The first-order chi connectivity index (χ1) is 11.6. The Kier molecular flexibility index (Phi) is 8.38. The molecule has 0 radical (unpaired) electrons. The maximum Gasteiger partial charge on any atom is 0.250 e. The van der Waals surface area contributed by atoms with E-state index in [9.17, 15) is 4.79 Å². The van der Waals surface area contributed by atoms with Crippen LogP contribution in [0.15, 0.2) is 34.8 Å². The van der Waals surface area contributed by atoms with Crippen molar-refractivity contribution in [1.82, 2.24) is 10.6 Å². The molecule has 1 amide bonds. The third-order valence-electron chi connectivity index (χ3n) is 3.73. The van der Waals surface area contributed by atoms with Crippen LogP contribution in [0.25, 0.3) is 6.08 Å². The molecule has 0 unspecified atom stereocenters. The van der Waals surface area contributed by atoms with E-state index in [4.69, 9.17) is 17.0 Å². The zero-order valence-corrected chi connectivity index (χ0v) is 15.9.